The predicted molar refractivity (Wildman–Crippen MR) is 114 cm³/mol. The molecule has 2 heterocycles. The Morgan fingerprint density at radius 2 is 1.87 bits per heavy atom. The van der Waals surface area contributed by atoms with Crippen LogP contribution in [0.4, 0.5) is 10.1 Å². The number of piperidine rings is 1. The Balaban J connectivity index is 1.59. The molecular weight excluding hydrogens is 405 g/mol. The number of aromatic amines is 1. The number of hydrogen-bond acceptors (Lipinski definition) is 3. The molecule has 30 heavy (non-hydrogen) atoms. The summed E-state index contributed by atoms with van der Waals surface area (Å²) in [6, 6.07) is 10.9. The van der Waals surface area contributed by atoms with Crippen molar-refractivity contribution in [2.45, 2.75) is 37.5 Å². The number of rotatable bonds is 5. The molecule has 1 amide bonds. The maximum atomic E-state index is 13.7. The number of H-pyrrole nitrogens is 1. The van der Waals surface area contributed by atoms with Crippen LogP contribution in [0, 0.1) is 12.7 Å². The number of nitrogens with zero attached hydrogens (tertiary/aromatic N) is 1. The number of benzene rings is 2. The normalized spacial score (nSPS) is 15.4. The number of nitrogens with one attached hydrogen (secondary N) is 2. The number of aryl methyl sites for hydroxylation is 1. The molecule has 3 aromatic rings. The molecule has 1 aromatic heterocycles. The Kier molecular flexibility index (Phi) is 5.62. The van der Waals surface area contributed by atoms with Gasteiger partial charge in [-0.25, -0.2) is 12.8 Å². The number of para-hydroxylation sites is 1. The fraction of sp³-hybridized carbons (Fsp3) is 0.318. The topological polar surface area (TPSA) is 82.3 Å². The molecule has 1 aliphatic rings. The van der Waals surface area contributed by atoms with Crippen molar-refractivity contribution < 1.29 is 17.6 Å². The highest BCUT2D eigenvalue weighted by Gasteiger charge is 2.28. The monoisotopic (exact) mass is 429 g/mol. The molecule has 0 bridgehead atoms. The number of amides is 1. The van der Waals surface area contributed by atoms with Crippen LogP contribution < -0.4 is 5.32 Å². The van der Waals surface area contributed by atoms with Gasteiger partial charge < -0.3 is 10.3 Å². The Morgan fingerprint density at radius 3 is 2.63 bits per heavy atom. The first kappa shape index (κ1) is 20.6. The van der Waals surface area contributed by atoms with Crippen molar-refractivity contribution in [3.63, 3.8) is 0 Å². The molecule has 4 rings (SSSR count). The van der Waals surface area contributed by atoms with E-state index < -0.39 is 10.0 Å². The maximum absolute atomic E-state index is 13.7. The Bertz CT molecular complexity index is 1200. The molecule has 0 radical (unpaired) electrons. The molecule has 2 N–H and O–H groups in total. The molecule has 0 saturated carbocycles. The first-order valence-electron chi connectivity index (χ1n) is 10.0. The van der Waals surface area contributed by atoms with E-state index in [9.17, 15) is 17.6 Å². The standard InChI is InChI=1S/C22H24FN3O3S/c1-15-17(18-13-16(23)9-10-19(18)24-15)14-22(27)25-20-7-3-4-8-21(20)30(28,29)26-11-5-2-6-12-26/h3-4,7-10,13,24H,2,5-6,11-12,14H2,1H3,(H,25,27). The average Bonchev–Trinajstić information content (AvgIpc) is 3.03. The molecular formula is C22H24FN3O3S. The van der Waals surface area contributed by atoms with E-state index in [1.165, 1.54) is 22.5 Å². The lowest BCUT2D eigenvalue weighted by molar-refractivity contribution is -0.115. The SMILES string of the molecule is Cc1[nH]c2ccc(F)cc2c1CC(=O)Nc1ccccc1S(=O)(=O)N1CCCCC1. The van der Waals surface area contributed by atoms with Crippen LogP contribution in [0.3, 0.4) is 0 Å². The minimum atomic E-state index is -3.69. The summed E-state index contributed by atoms with van der Waals surface area (Å²) in [7, 11) is -3.69. The quantitative estimate of drug-likeness (QED) is 0.644. The average molecular weight is 430 g/mol. The van der Waals surface area contributed by atoms with Crippen molar-refractivity contribution in [3.8, 4) is 0 Å². The zero-order valence-corrected chi connectivity index (χ0v) is 17.6. The van der Waals surface area contributed by atoms with Gasteiger partial charge in [-0.2, -0.15) is 4.31 Å². The molecule has 1 aliphatic heterocycles. The summed E-state index contributed by atoms with van der Waals surface area (Å²) in [6.07, 6.45) is 2.71. The van der Waals surface area contributed by atoms with Crippen LogP contribution in [0.1, 0.15) is 30.5 Å². The molecule has 1 fully saturated rings. The van der Waals surface area contributed by atoms with Gasteiger partial charge in [0.1, 0.15) is 10.7 Å². The second-order valence-corrected chi connectivity index (χ2v) is 9.51. The van der Waals surface area contributed by atoms with E-state index in [-0.39, 0.29) is 28.7 Å². The van der Waals surface area contributed by atoms with Crippen LogP contribution in [-0.4, -0.2) is 36.7 Å². The Labute approximate surface area is 175 Å². The van der Waals surface area contributed by atoms with Gasteiger partial charge in [-0.1, -0.05) is 18.6 Å². The third-order valence-corrected chi connectivity index (χ3v) is 7.47. The van der Waals surface area contributed by atoms with Gasteiger partial charge in [0.25, 0.3) is 0 Å². The molecule has 2 aromatic carbocycles. The van der Waals surface area contributed by atoms with Crippen molar-refractivity contribution >= 4 is 32.5 Å². The highest BCUT2D eigenvalue weighted by atomic mass is 32.2. The summed E-state index contributed by atoms with van der Waals surface area (Å²) in [6.45, 7) is 2.81. The van der Waals surface area contributed by atoms with E-state index in [0.717, 1.165) is 30.5 Å². The van der Waals surface area contributed by atoms with Crippen LogP contribution in [0.5, 0.6) is 0 Å². The maximum Gasteiger partial charge on any atom is 0.245 e. The molecule has 8 heteroatoms. The van der Waals surface area contributed by atoms with Gasteiger partial charge >= 0.3 is 0 Å². The number of fused-ring (bicyclic) bond motifs is 1. The molecule has 0 unspecified atom stereocenters. The molecule has 0 aliphatic carbocycles. The van der Waals surface area contributed by atoms with Crippen LogP contribution >= 0.6 is 0 Å². The fourth-order valence-electron chi connectivity index (χ4n) is 3.98. The zero-order chi connectivity index (χ0) is 21.3. The van der Waals surface area contributed by atoms with Gasteiger partial charge in [-0.05, 0) is 55.7 Å². The van der Waals surface area contributed by atoms with Crippen molar-refractivity contribution in [2.24, 2.45) is 0 Å². The van der Waals surface area contributed by atoms with E-state index >= 15 is 0 Å². The van der Waals surface area contributed by atoms with Gasteiger partial charge in [0.2, 0.25) is 15.9 Å². The van der Waals surface area contributed by atoms with Gasteiger partial charge in [-0.15, -0.1) is 0 Å². The van der Waals surface area contributed by atoms with Crippen molar-refractivity contribution in [1.29, 1.82) is 0 Å². The summed E-state index contributed by atoms with van der Waals surface area (Å²) in [5, 5.41) is 3.40. The van der Waals surface area contributed by atoms with Crippen molar-refractivity contribution in [2.75, 3.05) is 18.4 Å². The third kappa shape index (κ3) is 3.97. The van der Waals surface area contributed by atoms with E-state index in [2.05, 4.69) is 10.3 Å². The number of sulfonamides is 1. The molecule has 0 spiro atoms. The second-order valence-electron chi connectivity index (χ2n) is 7.60. The zero-order valence-electron chi connectivity index (χ0n) is 16.7. The number of anilines is 1. The smallest absolute Gasteiger partial charge is 0.245 e. The Morgan fingerprint density at radius 1 is 1.13 bits per heavy atom. The summed E-state index contributed by atoms with van der Waals surface area (Å²) in [5.41, 5.74) is 2.49. The number of aromatic nitrogens is 1. The lowest BCUT2D eigenvalue weighted by Gasteiger charge is -2.26. The van der Waals surface area contributed by atoms with Crippen LogP contribution in [-0.2, 0) is 21.2 Å². The predicted octanol–water partition coefficient (Wildman–Crippen LogP) is 3.97. The first-order valence-corrected chi connectivity index (χ1v) is 11.5. The summed E-state index contributed by atoms with van der Waals surface area (Å²) >= 11 is 0. The number of carbonyl (C=O) groups is 1. The number of hydrogen-bond donors (Lipinski definition) is 2. The second kappa shape index (κ2) is 8.20. The minimum Gasteiger partial charge on any atom is -0.358 e. The molecule has 6 nitrogen and oxygen atoms in total. The minimum absolute atomic E-state index is 0.00732. The summed E-state index contributed by atoms with van der Waals surface area (Å²) in [4.78, 5) is 16.0. The van der Waals surface area contributed by atoms with Crippen molar-refractivity contribution in [3.05, 3.63) is 59.5 Å². The third-order valence-electron chi connectivity index (χ3n) is 5.51. The van der Waals surface area contributed by atoms with E-state index in [0.29, 0.717) is 24.0 Å². The fourth-order valence-corrected chi connectivity index (χ4v) is 5.64. The van der Waals surface area contributed by atoms with E-state index in [1.54, 1.807) is 24.3 Å². The molecule has 0 atom stereocenters. The van der Waals surface area contributed by atoms with Crippen LogP contribution in [0.25, 0.3) is 10.9 Å². The Hall–Kier alpha value is -2.71. The van der Waals surface area contributed by atoms with Crippen LogP contribution in [0.2, 0.25) is 0 Å². The van der Waals surface area contributed by atoms with Gasteiger partial charge in [0.05, 0.1) is 12.1 Å². The molecule has 1 saturated heterocycles. The summed E-state index contributed by atoms with van der Waals surface area (Å²) < 4.78 is 41.4. The van der Waals surface area contributed by atoms with Gasteiger partial charge in [-0.3, -0.25) is 4.79 Å². The van der Waals surface area contributed by atoms with E-state index in [4.69, 9.17) is 0 Å². The number of carbonyl (C=O) groups excluding carboxylic acids is 1. The van der Waals surface area contributed by atoms with Crippen molar-refractivity contribution in [1.82, 2.24) is 9.29 Å². The largest absolute Gasteiger partial charge is 0.358 e. The van der Waals surface area contributed by atoms with Crippen LogP contribution in [0.15, 0.2) is 47.4 Å². The first-order chi connectivity index (χ1) is 14.4. The van der Waals surface area contributed by atoms with Gasteiger partial charge in [0, 0.05) is 29.7 Å². The highest BCUT2D eigenvalue weighted by Crippen LogP contribution is 2.28. The van der Waals surface area contributed by atoms with E-state index in [1.807, 2.05) is 6.92 Å². The lowest BCUT2D eigenvalue weighted by atomic mass is 10.1. The summed E-state index contributed by atoms with van der Waals surface area (Å²) in [5.74, 6) is -0.731. The van der Waals surface area contributed by atoms with Gasteiger partial charge in [0.15, 0.2) is 0 Å². The molecule has 158 valence electrons. The highest BCUT2D eigenvalue weighted by molar-refractivity contribution is 7.89. The number of halogens is 1. The lowest BCUT2D eigenvalue weighted by Crippen LogP contribution is -2.36.